The Hall–Kier alpha value is -2.77. The molecule has 2 amide bonds. The lowest BCUT2D eigenvalue weighted by molar-refractivity contribution is -0.126. The summed E-state index contributed by atoms with van der Waals surface area (Å²) in [5.74, 6) is 2.42. The Labute approximate surface area is 175 Å². The molecule has 0 saturated heterocycles. The Kier molecular flexibility index (Phi) is 4.60. The van der Waals surface area contributed by atoms with Crippen molar-refractivity contribution in [1.82, 2.24) is 25.5 Å². The van der Waals surface area contributed by atoms with Crippen LogP contribution in [0.2, 0.25) is 0 Å². The van der Waals surface area contributed by atoms with Crippen LogP contribution >= 0.6 is 0 Å². The zero-order valence-corrected chi connectivity index (χ0v) is 17.3. The molecule has 4 aliphatic rings. The van der Waals surface area contributed by atoms with E-state index in [-0.39, 0.29) is 23.9 Å². The minimum absolute atomic E-state index is 0.0447. The number of aromatic nitrogens is 4. The molecule has 30 heavy (non-hydrogen) atoms. The van der Waals surface area contributed by atoms with Crippen molar-refractivity contribution in [3.8, 4) is 11.4 Å². The predicted molar refractivity (Wildman–Crippen MR) is 110 cm³/mol. The smallest absolute Gasteiger partial charge is 0.248 e. The van der Waals surface area contributed by atoms with E-state index in [1.54, 1.807) is 24.3 Å². The number of carbonyl (C=O) groups excluding carboxylic acids is 2. The highest BCUT2D eigenvalue weighted by molar-refractivity contribution is 5.93. The van der Waals surface area contributed by atoms with Crippen LogP contribution in [0.25, 0.3) is 11.4 Å². The normalized spacial score (nSPS) is 30.2. The van der Waals surface area contributed by atoms with Crippen LogP contribution in [0.4, 0.5) is 0 Å². The Balaban J connectivity index is 1.22. The van der Waals surface area contributed by atoms with Crippen molar-refractivity contribution in [2.24, 2.45) is 28.9 Å². The molecule has 1 aromatic carbocycles. The van der Waals surface area contributed by atoms with Crippen LogP contribution in [-0.2, 0) is 11.3 Å². The van der Waals surface area contributed by atoms with Gasteiger partial charge in [-0.15, -0.1) is 10.2 Å². The van der Waals surface area contributed by atoms with Crippen molar-refractivity contribution in [1.29, 1.82) is 0 Å². The fourth-order valence-electron chi connectivity index (χ4n) is 6.49. The van der Waals surface area contributed by atoms with Crippen molar-refractivity contribution in [3.05, 3.63) is 29.8 Å². The highest BCUT2D eigenvalue weighted by Gasteiger charge is 2.53. The molecular formula is C22H28N6O2. The number of amides is 2. The van der Waals surface area contributed by atoms with Crippen molar-refractivity contribution in [3.63, 3.8) is 0 Å². The van der Waals surface area contributed by atoms with Gasteiger partial charge < -0.3 is 11.1 Å². The van der Waals surface area contributed by atoms with Gasteiger partial charge in [0.1, 0.15) is 6.54 Å². The van der Waals surface area contributed by atoms with Crippen LogP contribution < -0.4 is 11.1 Å². The number of tetrazole rings is 1. The third kappa shape index (κ3) is 3.48. The Morgan fingerprint density at radius 2 is 1.73 bits per heavy atom. The number of carbonyl (C=O) groups is 2. The first kappa shape index (κ1) is 19.2. The average molecular weight is 409 g/mol. The van der Waals surface area contributed by atoms with Crippen LogP contribution in [0, 0.1) is 23.2 Å². The molecule has 4 saturated carbocycles. The van der Waals surface area contributed by atoms with Gasteiger partial charge in [-0.25, -0.2) is 0 Å². The van der Waals surface area contributed by atoms with Crippen LogP contribution in [0.5, 0.6) is 0 Å². The lowest BCUT2D eigenvalue weighted by Crippen LogP contribution is -2.56. The highest BCUT2D eigenvalue weighted by atomic mass is 16.2. The summed E-state index contributed by atoms with van der Waals surface area (Å²) in [7, 11) is 0. The quantitative estimate of drug-likeness (QED) is 0.760. The number of nitrogens with one attached hydrogen (secondary N) is 1. The third-order valence-corrected chi connectivity index (χ3v) is 7.55. The molecule has 0 aliphatic heterocycles. The molecule has 158 valence electrons. The van der Waals surface area contributed by atoms with Gasteiger partial charge in [0.2, 0.25) is 17.6 Å². The number of hydrogen-bond acceptors (Lipinski definition) is 5. The van der Waals surface area contributed by atoms with Crippen LogP contribution in [0.15, 0.2) is 24.3 Å². The summed E-state index contributed by atoms with van der Waals surface area (Å²) >= 11 is 0. The summed E-state index contributed by atoms with van der Waals surface area (Å²) in [5, 5.41) is 15.6. The van der Waals surface area contributed by atoms with Crippen LogP contribution in [0.3, 0.4) is 0 Å². The van der Waals surface area contributed by atoms with E-state index in [9.17, 15) is 9.59 Å². The van der Waals surface area contributed by atoms with Crippen molar-refractivity contribution >= 4 is 11.8 Å². The van der Waals surface area contributed by atoms with E-state index >= 15 is 0 Å². The minimum Gasteiger partial charge on any atom is -0.366 e. The molecule has 1 aromatic heterocycles. The first-order valence-corrected chi connectivity index (χ1v) is 10.9. The lowest BCUT2D eigenvalue weighted by Gasteiger charge is -2.59. The largest absolute Gasteiger partial charge is 0.366 e. The van der Waals surface area contributed by atoms with E-state index in [2.05, 4.69) is 27.7 Å². The van der Waals surface area contributed by atoms with Gasteiger partial charge in [0, 0.05) is 17.2 Å². The summed E-state index contributed by atoms with van der Waals surface area (Å²) < 4.78 is 0. The number of rotatable bonds is 6. The predicted octanol–water partition coefficient (Wildman–Crippen LogP) is 2.16. The monoisotopic (exact) mass is 408 g/mol. The first-order valence-electron chi connectivity index (χ1n) is 10.9. The second-order valence-corrected chi connectivity index (χ2v) is 9.65. The molecule has 1 atom stereocenters. The fourth-order valence-corrected chi connectivity index (χ4v) is 6.49. The molecule has 0 unspecified atom stereocenters. The third-order valence-electron chi connectivity index (χ3n) is 7.55. The minimum atomic E-state index is -0.483. The maximum Gasteiger partial charge on any atom is 0.248 e. The highest BCUT2D eigenvalue weighted by Crippen LogP contribution is 2.61. The molecule has 0 spiro atoms. The molecule has 8 heteroatoms. The number of nitrogens with zero attached hydrogens (tertiary/aromatic N) is 4. The number of hydrogen-bond donors (Lipinski definition) is 2. The average Bonchev–Trinajstić information content (AvgIpc) is 3.15. The molecule has 0 radical (unpaired) electrons. The van der Waals surface area contributed by atoms with Crippen molar-refractivity contribution in [2.75, 3.05) is 0 Å². The van der Waals surface area contributed by atoms with Gasteiger partial charge in [-0.2, -0.15) is 4.80 Å². The molecule has 4 aliphatic carbocycles. The topological polar surface area (TPSA) is 116 Å². The molecule has 8 nitrogen and oxygen atoms in total. The van der Waals surface area contributed by atoms with Gasteiger partial charge in [-0.05, 0) is 86.0 Å². The molecule has 3 N–H and O–H groups in total. The van der Waals surface area contributed by atoms with Gasteiger partial charge in [0.25, 0.3) is 0 Å². The second-order valence-electron chi connectivity index (χ2n) is 9.65. The SMILES string of the molecule is C[C@H](NC(=O)Cn1nnc(-c2ccc(C(N)=O)cc2)n1)C12CC3CC(CC(C3)C1)C2. The van der Waals surface area contributed by atoms with E-state index in [0.717, 1.165) is 17.8 Å². The van der Waals surface area contributed by atoms with Gasteiger partial charge in [0.15, 0.2) is 0 Å². The maximum atomic E-state index is 12.7. The van der Waals surface area contributed by atoms with Crippen LogP contribution in [0.1, 0.15) is 55.8 Å². The molecule has 6 rings (SSSR count). The van der Waals surface area contributed by atoms with E-state index < -0.39 is 5.91 Å². The van der Waals surface area contributed by atoms with E-state index in [1.165, 1.54) is 43.3 Å². The Morgan fingerprint density at radius 1 is 1.13 bits per heavy atom. The van der Waals surface area contributed by atoms with E-state index in [0.29, 0.717) is 17.0 Å². The van der Waals surface area contributed by atoms with Gasteiger partial charge in [0.05, 0.1) is 0 Å². The van der Waals surface area contributed by atoms with Gasteiger partial charge in [-0.3, -0.25) is 9.59 Å². The zero-order valence-electron chi connectivity index (χ0n) is 17.3. The Morgan fingerprint density at radius 3 is 2.30 bits per heavy atom. The lowest BCUT2D eigenvalue weighted by atomic mass is 9.48. The summed E-state index contributed by atoms with van der Waals surface area (Å²) in [6.45, 7) is 2.22. The summed E-state index contributed by atoms with van der Waals surface area (Å²) in [4.78, 5) is 25.2. The second kappa shape index (κ2) is 7.18. The molecule has 4 bridgehead atoms. The number of benzene rings is 1. The number of nitrogens with two attached hydrogens (primary N) is 1. The van der Waals surface area contributed by atoms with Gasteiger partial charge in [-0.1, -0.05) is 12.1 Å². The van der Waals surface area contributed by atoms with E-state index in [1.807, 2.05) is 0 Å². The molecule has 1 heterocycles. The molecule has 4 fully saturated rings. The standard InChI is InChI=1S/C22H28N6O2/c1-13(22-9-14-6-15(10-22)8-16(7-14)11-22)24-19(29)12-28-26-21(25-27-28)18-4-2-17(3-5-18)20(23)30/h2-5,13-16H,6-12H2,1H3,(H2,23,30)(H,24,29)/t13-,14?,15?,16?,22?/m0/s1. The van der Waals surface area contributed by atoms with Crippen molar-refractivity contribution in [2.45, 2.75) is 58.0 Å². The summed E-state index contributed by atoms with van der Waals surface area (Å²) in [5.41, 5.74) is 6.67. The number of primary amides is 1. The molecular weight excluding hydrogens is 380 g/mol. The maximum absolute atomic E-state index is 12.7. The summed E-state index contributed by atoms with van der Waals surface area (Å²) in [6, 6.07) is 6.85. The zero-order chi connectivity index (χ0) is 20.9. The fraction of sp³-hybridized carbons (Fsp3) is 0.591. The first-order chi connectivity index (χ1) is 14.4. The van der Waals surface area contributed by atoms with Crippen molar-refractivity contribution < 1.29 is 9.59 Å². The van der Waals surface area contributed by atoms with Crippen LogP contribution in [-0.4, -0.2) is 38.1 Å². The molecule has 2 aromatic rings. The van der Waals surface area contributed by atoms with E-state index in [4.69, 9.17) is 5.73 Å². The van der Waals surface area contributed by atoms with Gasteiger partial charge >= 0.3 is 0 Å². The summed E-state index contributed by atoms with van der Waals surface area (Å²) in [6.07, 6.45) is 7.96. The Bertz CT molecular complexity index is 931.